The van der Waals surface area contributed by atoms with Crippen molar-refractivity contribution in [1.29, 1.82) is 5.26 Å². The summed E-state index contributed by atoms with van der Waals surface area (Å²) in [4.78, 5) is 17.3. The van der Waals surface area contributed by atoms with Crippen LogP contribution in [0.3, 0.4) is 0 Å². The lowest BCUT2D eigenvalue weighted by Gasteiger charge is -2.33. The second kappa shape index (κ2) is 7.05. The van der Waals surface area contributed by atoms with Gasteiger partial charge in [-0.15, -0.1) is 5.06 Å². The summed E-state index contributed by atoms with van der Waals surface area (Å²) in [6.45, 7) is 6.62. The molecule has 0 spiro atoms. The first kappa shape index (κ1) is 18.0. The maximum atomic E-state index is 13.7. The number of nitrogens with one attached hydrogen (secondary N) is 1. The molecule has 1 aromatic rings. The zero-order chi connectivity index (χ0) is 17.9. The Labute approximate surface area is 141 Å². The minimum atomic E-state index is -0.592. The van der Waals surface area contributed by atoms with Crippen molar-refractivity contribution in [2.24, 2.45) is 5.41 Å². The molecule has 1 aromatic carbocycles. The molecule has 7 heteroatoms. The van der Waals surface area contributed by atoms with Gasteiger partial charge in [0.2, 0.25) is 0 Å². The van der Waals surface area contributed by atoms with E-state index >= 15 is 0 Å². The Balaban J connectivity index is 1.91. The normalized spacial score (nSPS) is 16.5. The molecule has 0 amide bonds. The number of hydroxylamine groups is 2. The van der Waals surface area contributed by atoms with Crippen LogP contribution in [0.1, 0.15) is 39.2 Å². The van der Waals surface area contributed by atoms with Gasteiger partial charge in [-0.25, -0.2) is 9.18 Å². The topological polar surface area (TPSA) is 91.4 Å². The summed E-state index contributed by atoms with van der Waals surface area (Å²) in [6, 6.07) is 4.45. The Morgan fingerprint density at radius 1 is 1.42 bits per heavy atom. The third-order valence-corrected chi connectivity index (χ3v) is 3.90. The Kier molecular flexibility index (Phi) is 5.30. The highest BCUT2D eigenvalue weighted by Gasteiger charge is 2.28. The largest absolute Gasteiger partial charge is 0.397 e. The van der Waals surface area contributed by atoms with Gasteiger partial charge in [0.05, 0.1) is 22.4 Å². The summed E-state index contributed by atoms with van der Waals surface area (Å²) in [7, 11) is 0. The number of carbonyl (C=O) groups excluding carboxylic acids is 1. The molecule has 6 nitrogen and oxygen atoms in total. The molecule has 1 saturated heterocycles. The number of hydrogen-bond donors (Lipinski definition) is 2. The highest BCUT2D eigenvalue weighted by molar-refractivity contribution is 5.75. The van der Waals surface area contributed by atoms with Gasteiger partial charge >= 0.3 is 5.97 Å². The van der Waals surface area contributed by atoms with E-state index in [0.717, 1.165) is 12.8 Å². The van der Waals surface area contributed by atoms with Crippen LogP contribution in [0.4, 0.5) is 15.8 Å². The molecule has 24 heavy (non-hydrogen) atoms. The molecule has 0 bridgehead atoms. The monoisotopic (exact) mass is 334 g/mol. The molecule has 0 saturated carbocycles. The first-order chi connectivity index (χ1) is 11.2. The maximum Gasteiger partial charge on any atom is 0.330 e. The van der Waals surface area contributed by atoms with Crippen LogP contribution < -0.4 is 11.1 Å². The summed E-state index contributed by atoms with van der Waals surface area (Å²) >= 11 is 0. The van der Waals surface area contributed by atoms with Crippen molar-refractivity contribution in [2.45, 2.75) is 39.7 Å². The molecule has 1 aliphatic heterocycles. The molecule has 1 heterocycles. The predicted molar refractivity (Wildman–Crippen MR) is 89.3 cm³/mol. The van der Waals surface area contributed by atoms with Crippen LogP contribution in [0, 0.1) is 22.6 Å². The van der Waals surface area contributed by atoms with Gasteiger partial charge in [-0.2, -0.15) is 5.26 Å². The number of nitrogens with zero attached hydrogens (tertiary/aromatic N) is 2. The van der Waals surface area contributed by atoms with Crippen LogP contribution in [-0.2, 0) is 9.63 Å². The van der Waals surface area contributed by atoms with Crippen LogP contribution in [-0.4, -0.2) is 30.2 Å². The molecule has 1 fully saturated rings. The molecule has 2 rings (SSSR count). The second-order valence-electron chi connectivity index (χ2n) is 7.01. The number of halogens is 1. The van der Waals surface area contributed by atoms with Crippen LogP contribution in [0.2, 0.25) is 0 Å². The molecule has 0 aromatic heterocycles. The van der Waals surface area contributed by atoms with E-state index in [2.05, 4.69) is 5.32 Å². The number of nitrogen functional groups attached to an aromatic ring is 1. The third-order valence-electron chi connectivity index (χ3n) is 3.90. The lowest BCUT2D eigenvalue weighted by molar-refractivity contribution is -0.204. The number of benzene rings is 1. The van der Waals surface area contributed by atoms with Gasteiger partial charge in [0, 0.05) is 25.2 Å². The Bertz CT molecular complexity index is 656. The highest BCUT2D eigenvalue weighted by atomic mass is 19.1. The summed E-state index contributed by atoms with van der Waals surface area (Å²) in [5.41, 5.74) is 6.08. The molecule has 0 unspecified atom stereocenters. The van der Waals surface area contributed by atoms with E-state index in [0.29, 0.717) is 24.5 Å². The number of hydrogen-bond acceptors (Lipinski definition) is 6. The summed E-state index contributed by atoms with van der Waals surface area (Å²) in [5.74, 6) is -0.849. The smallest absolute Gasteiger partial charge is 0.330 e. The molecular weight excluding hydrogens is 311 g/mol. The number of carbonyl (C=O) groups is 1. The fourth-order valence-electron chi connectivity index (χ4n) is 2.37. The number of rotatable bonds is 3. The van der Waals surface area contributed by atoms with E-state index in [9.17, 15) is 9.18 Å². The maximum absolute atomic E-state index is 13.7. The molecule has 3 N–H and O–H groups in total. The van der Waals surface area contributed by atoms with Crippen LogP contribution in [0.15, 0.2) is 12.1 Å². The van der Waals surface area contributed by atoms with Crippen molar-refractivity contribution < 1.29 is 14.0 Å². The van der Waals surface area contributed by atoms with E-state index in [1.165, 1.54) is 12.1 Å². The standard InChI is InChI=1S/C17H23FN4O2/c1-17(2,3)16(23)24-22-6-4-12(5-7-22)21-15-9-13(18)11(10-19)8-14(15)20/h8-9,12,21H,4-7,20H2,1-3H3. The van der Waals surface area contributed by atoms with Crippen molar-refractivity contribution in [3.8, 4) is 6.07 Å². The lowest BCUT2D eigenvalue weighted by Crippen LogP contribution is -2.42. The Morgan fingerprint density at radius 2 is 2.04 bits per heavy atom. The third kappa shape index (κ3) is 4.36. The van der Waals surface area contributed by atoms with Crippen molar-refractivity contribution in [2.75, 3.05) is 24.1 Å². The minimum absolute atomic E-state index is 0.0676. The fraction of sp³-hybridized carbons (Fsp3) is 0.529. The van der Waals surface area contributed by atoms with E-state index in [4.69, 9.17) is 15.8 Å². The van der Waals surface area contributed by atoms with Gasteiger partial charge in [0.25, 0.3) is 0 Å². The number of nitrogens with two attached hydrogens (primary N) is 1. The number of piperidine rings is 1. The zero-order valence-corrected chi connectivity index (χ0v) is 14.2. The van der Waals surface area contributed by atoms with Crippen molar-refractivity contribution in [1.82, 2.24) is 5.06 Å². The molecule has 0 aliphatic carbocycles. The molecule has 130 valence electrons. The van der Waals surface area contributed by atoms with Gasteiger partial charge in [-0.1, -0.05) is 0 Å². The summed E-state index contributed by atoms with van der Waals surface area (Å²) in [5, 5.41) is 13.7. The average molecular weight is 334 g/mol. The lowest BCUT2D eigenvalue weighted by atomic mass is 9.98. The van der Waals surface area contributed by atoms with Crippen LogP contribution in [0.5, 0.6) is 0 Å². The van der Waals surface area contributed by atoms with E-state index in [1.807, 2.05) is 20.8 Å². The highest BCUT2D eigenvalue weighted by Crippen LogP contribution is 2.26. The summed E-state index contributed by atoms with van der Waals surface area (Å²) in [6.07, 6.45) is 1.47. The zero-order valence-electron chi connectivity index (χ0n) is 14.2. The van der Waals surface area contributed by atoms with Crippen LogP contribution >= 0.6 is 0 Å². The molecule has 0 radical (unpaired) electrons. The van der Waals surface area contributed by atoms with E-state index in [-0.39, 0.29) is 17.6 Å². The minimum Gasteiger partial charge on any atom is -0.397 e. The number of anilines is 2. The SMILES string of the molecule is CC(C)(C)C(=O)ON1CCC(Nc2cc(F)c(C#N)cc2N)CC1. The van der Waals surface area contributed by atoms with Crippen molar-refractivity contribution >= 4 is 17.3 Å². The molecular formula is C17H23FN4O2. The van der Waals surface area contributed by atoms with Gasteiger partial charge in [-0.05, 0) is 39.7 Å². The Morgan fingerprint density at radius 3 is 2.58 bits per heavy atom. The van der Waals surface area contributed by atoms with Gasteiger partial charge in [-0.3, -0.25) is 0 Å². The first-order valence-electron chi connectivity index (χ1n) is 7.93. The fourth-order valence-corrected chi connectivity index (χ4v) is 2.37. The quantitative estimate of drug-likeness (QED) is 0.826. The summed E-state index contributed by atoms with van der Waals surface area (Å²) < 4.78 is 13.7. The number of nitriles is 1. The van der Waals surface area contributed by atoms with Crippen molar-refractivity contribution in [3.63, 3.8) is 0 Å². The van der Waals surface area contributed by atoms with E-state index < -0.39 is 11.2 Å². The van der Waals surface area contributed by atoms with Gasteiger partial charge < -0.3 is 15.9 Å². The molecule has 1 aliphatic rings. The van der Waals surface area contributed by atoms with Gasteiger partial charge in [0.1, 0.15) is 11.9 Å². The van der Waals surface area contributed by atoms with E-state index in [1.54, 1.807) is 11.1 Å². The second-order valence-corrected chi connectivity index (χ2v) is 7.01. The van der Waals surface area contributed by atoms with Gasteiger partial charge in [0.15, 0.2) is 0 Å². The van der Waals surface area contributed by atoms with Crippen molar-refractivity contribution in [3.05, 3.63) is 23.5 Å². The predicted octanol–water partition coefficient (Wildman–Crippen LogP) is 2.66. The Hall–Kier alpha value is -2.33. The molecule has 0 atom stereocenters. The van der Waals surface area contributed by atoms with Crippen LogP contribution in [0.25, 0.3) is 0 Å². The average Bonchev–Trinajstić information content (AvgIpc) is 2.51. The first-order valence-corrected chi connectivity index (χ1v) is 7.93.